The highest BCUT2D eigenvalue weighted by Crippen LogP contribution is 2.43. The van der Waals surface area contributed by atoms with Gasteiger partial charge in [0.2, 0.25) is 11.8 Å². The lowest BCUT2D eigenvalue weighted by Crippen LogP contribution is -2.56. The molecular formula is C23H26N4O6. The van der Waals surface area contributed by atoms with Crippen LogP contribution < -0.4 is 5.32 Å². The second kappa shape index (κ2) is 11.1. The van der Waals surface area contributed by atoms with E-state index in [1.165, 1.54) is 7.11 Å². The van der Waals surface area contributed by atoms with E-state index in [4.69, 9.17) is 14.6 Å². The van der Waals surface area contributed by atoms with E-state index in [1.807, 2.05) is 36.4 Å². The van der Waals surface area contributed by atoms with Gasteiger partial charge in [0.1, 0.15) is 0 Å². The van der Waals surface area contributed by atoms with Gasteiger partial charge in [0.05, 0.1) is 43.9 Å². The van der Waals surface area contributed by atoms with Crippen molar-refractivity contribution in [2.75, 3.05) is 32.1 Å². The van der Waals surface area contributed by atoms with Crippen LogP contribution in [-0.4, -0.2) is 76.9 Å². The van der Waals surface area contributed by atoms with Crippen molar-refractivity contribution < 1.29 is 29.0 Å². The van der Waals surface area contributed by atoms with E-state index in [0.29, 0.717) is 13.0 Å². The molecule has 0 spiro atoms. The maximum atomic E-state index is 13.1. The fourth-order valence-corrected chi connectivity index (χ4v) is 4.41. The maximum Gasteiger partial charge on any atom is 0.311 e. The lowest BCUT2D eigenvalue weighted by atomic mass is 9.93. The summed E-state index contributed by atoms with van der Waals surface area (Å²) in [6.07, 6.45) is 3.77. The van der Waals surface area contributed by atoms with Gasteiger partial charge in [-0.3, -0.25) is 24.2 Å². The number of carboxylic acid groups (broad SMARTS) is 1. The van der Waals surface area contributed by atoms with Gasteiger partial charge in [-0.1, -0.05) is 30.3 Å². The summed E-state index contributed by atoms with van der Waals surface area (Å²) < 4.78 is 5.02. The molecule has 2 saturated heterocycles. The van der Waals surface area contributed by atoms with Gasteiger partial charge in [-0.15, -0.1) is 0 Å². The number of amides is 2. The number of hydrogen-bond donors (Lipinski definition) is 2. The third-order valence-corrected chi connectivity index (χ3v) is 5.75. The Morgan fingerprint density at radius 1 is 1.24 bits per heavy atom. The summed E-state index contributed by atoms with van der Waals surface area (Å²) in [4.78, 5) is 53.9. The summed E-state index contributed by atoms with van der Waals surface area (Å²) in [6.45, 7) is 0.228. The van der Waals surface area contributed by atoms with Gasteiger partial charge in [-0.2, -0.15) is 0 Å². The number of ether oxygens (including phenoxy) is 1. The summed E-state index contributed by atoms with van der Waals surface area (Å²) in [5, 5.41) is 9.92. The van der Waals surface area contributed by atoms with Gasteiger partial charge in [-0.05, 0) is 24.1 Å². The van der Waals surface area contributed by atoms with Gasteiger partial charge < -0.3 is 25.0 Å². The van der Waals surface area contributed by atoms with Crippen molar-refractivity contribution in [2.24, 2.45) is 5.92 Å². The lowest BCUT2D eigenvalue weighted by molar-refractivity contribution is -0.150. The molecule has 174 valence electrons. The van der Waals surface area contributed by atoms with Crippen molar-refractivity contribution in [3.05, 3.63) is 60.4 Å². The number of nitrogens with one attached hydrogen (secondary N) is 1. The molecule has 1 aromatic heterocycles. The Morgan fingerprint density at radius 3 is 2.61 bits per heavy atom. The number of piperazine rings is 1. The molecule has 2 aliphatic rings. The van der Waals surface area contributed by atoms with Crippen LogP contribution >= 0.6 is 0 Å². The average Bonchev–Trinajstić information content (AvgIpc) is 3.24. The van der Waals surface area contributed by atoms with Crippen molar-refractivity contribution in [1.82, 2.24) is 14.8 Å². The van der Waals surface area contributed by atoms with Gasteiger partial charge in [-0.25, -0.2) is 0 Å². The number of fused-ring (bicyclic) bond motifs is 1. The molecule has 0 radical (unpaired) electrons. The molecule has 1 aromatic carbocycles. The Bertz CT molecular complexity index is 971. The van der Waals surface area contributed by atoms with Crippen molar-refractivity contribution in [3.8, 4) is 0 Å². The summed E-state index contributed by atoms with van der Waals surface area (Å²) in [5.74, 6) is -1.09. The van der Waals surface area contributed by atoms with E-state index in [1.54, 1.807) is 28.3 Å². The van der Waals surface area contributed by atoms with E-state index in [2.05, 4.69) is 10.3 Å². The Hall–Kier alpha value is -3.95. The fraction of sp³-hybridized carbons (Fsp3) is 0.348. The summed E-state index contributed by atoms with van der Waals surface area (Å²) >= 11 is 0. The smallest absolute Gasteiger partial charge is 0.311 e. The second-order valence-electron chi connectivity index (χ2n) is 7.65. The largest absolute Gasteiger partial charge is 0.483 e. The van der Waals surface area contributed by atoms with Crippen LogP contribution in [0.4, 0.5) is 5.69 Å². The molecule has 4 rings (SSSR count). The van der Waals surface area contributed by atoms with E-state index < -0.39 is 5.92 Å². The highest BCUT2D eigenvalue weighted by molar-refractivity contribution is 5.89. The molecule has 33 heavy (non-hydrogen) atoms. The molecule has 3 heterocycles. The highest BCUT2D eigenvalue weighted by atomic mass is 16.5. The van der Waals surface area contributed by atoms with Crippen molar-refractivity contribution in [1.29, 1.82) is 0 Å². The van der Waals surface area contributed by atoms with Crippen LogP contribution in [0.1, 0.15) is 18.0 Å². The monoisotopic (exact) mass is 454 g/mol. The van der Waals surface area contributed by atoms with Crippen LogP contribution in [0.25, 0.3) is 0 Å². The molecule has 2 aliphatic heterocycles. The number of benzene rings is 1. The zero-order valence-corrected chi connectivity index (χ0v) is 18.2. The molecule has 2 N–H and O–H groups in total. The number of anilines is 1. The molecule has 0 unspecified atom stereocenters. The molecule has 10 heteroatoms. The minimum Gasteiger partial charge on any atom is -0.483 e. The van der Waals surface area contributed by atoms with E-state index in [9.17, 15) is 14.4 Å². The van der Waals surface area contributed by atoms with Crippen LogP contribution in [0.3, 0.4) is 0 Å². The highest BCUT2D eigenvalue weighted by Gasteiger charge is 2.51. The molecule has 0 aliphatic carbocycles. The number of pyridine rings is 1. The third kappa shape index (κ3) is 5.46. The lowest BCUT2D eigenvalue weighted by Gasteiger charge is -2.40. The van der Waals surface area contributed by atoms with E-state index >= 15 is 0 Å². The first kappa shape index (κ1) is 23.7. The standard InChI is InChI=1S/C22H24N4O4.CH2O2/c1-30-22(29)18-10-17-13-25(19(27)12-24-16-8-5-9-23-11-16)14-20(28)26(17)21(18)15-6-3-2-4-7-15;2-1-3/h2-9,11,17-18,21,24H,10,12-14H2,1H3;1H,(H,2,3)/t17-,18-,21-;/m0./s1. The van der Waals surface area contributed by atoms with Crippen LogP contribution in [0.15, 0.2) is 54.9 Å². The molecule has 2 amide bonds. The van der Waals surface area contributed by atoms with Gasteiger partial charge in [0.25, 0.3) is 6.47 Å². The first-order valence-electron chi connectivity index (χ1n) is 10.4. The zero-order chi connectivity index (χ0) is 23.8. The number of methoxy groups -OCH3 is 1. The number of hydrogen-bond acceptors (Lipinski definition) is 7. The Morgan fingerprint density at radius 2 is 1.97 bits per heavy atom. The van der Waals surface area contributed by atoms with Crippen molar-refractivity contribution >= 4 is 29.9 Å². The fourth-order valence-electron chi connectivity index (χ4n) is 4.41. The molecule has 3 atom stereocenters. The van der Waals surface area contributed by atoms with Crippen LogP contribution in [0.2, 0.25) is 0 Å². The van der Waals surface area contributed by atoms with Crippen molar-refractivity contribution in [3.63, 3.8) is 0 Å². The zero-order valence-electron chi connectivity index (χ0n) is 18.2. The number of rotatable bonds is 5. The van der Waals surface area contributed by atoms with E-state index in [0.717, 1.165) is 11.3 Å². The SMILES string of the molecule is COC(=O)[C@H]1C[C@H]2CN(C(=O)CNc3cccnc3)CC(=O)N2[C@H]1c1ccccc1.O=CO. The second-order valence-corrected chi connectivity index (χ2v) is 7.65. The minimum absolute atomic E-state index is 0.00127. The minimum atomic E-state index is -0.449. The Labute approximate surface area is 191 Å². The first-order valence-corrected chi connectivity index (χ1v) is 10.4. The van der Waals surface area contributed by atoms with Crippen LogP contribution in [0, 0.1) is 5.92 Å². The van der Waals surface area contributed by atoms with Gasteiger partial charge >= 0.3 is 5.97 Å². The molecule has 2 fully saturated rings. The van der Waals surface area contributed by atoms with Crippen LogP contribution in [0.5, 0.6) is 0 Å². The molecule has 10 nitrogen and oxygen atoms in total. The van der Waals surface area contributed by atoms with Crippen molar-refractivity contribution in [2.45, 2.75) is 18.5 Å². The third-order valence-electron chi connectivity index (χ3n) is 5.75. The maximum absolute atomic E-state index is 13.1. The number of aromatic nitrogens is 1. The van der Waals surface area contributed by atoms with E-state index in [-0.39, 0.29) is 49.4 Å². The van der Waals surface area contributed by atoms with Gasteiger partial charge in [0.15, 0.2) is 0 Å². The molecule has 0 saturated carbocycles. The summed E-state index contributed by atoms with van der Waals surface area (Å²) in [5.41, 5.74) is 1.65. The number of nitrogens with zero attached hydrogens (tertiary/aromatic N) is 3. The average molecular weight is 454 g/mol. The molecule has 2 aromatic rings. The first-order chi connectivity index (χ1) is 16.0. The predicted octanol–water partition coefficient (Wildman–Crippen LogP) is 1.17. The predicted molar refractivity (Wildman–Crippen MR) is 118 cm³/mol. The number of esters is 1. The number of carbonyl (C=O) groups excluding carboxylic acids is 3. The Kier molecular flexibility index (Phi) is 7.96. The summed E-state index contributed by atoms with van der Waals surface area (Å²) in [7, 11) is 1.36. The number of carbonyl (C=O) groups is 4. The summed E-state index contributed by atoms with van der Waals surface area (Å²) in [6, 6.07) is 12.5. The Balaban J connectivity index is 0.000000968. The molecule has 0 bridgehead atoms. The molecular weight excluding hydrogens is 428 g/mol. The topological polar surface area (TPSA) is 129 Å². The quantitative estimate of drug-likeness (QED) is 0.509. The van der Waals surface area contributed by atoms with Gasteiger partial charge in [0, 0.05) is 18.9 Å². The van der Waals surface area contributed by atoms with Crippen LogP contribution in [-0.2, 0) is 23.9 Å². The normalized spacial score (nSPS) is 21.4.